The molecule has 0 aromatic rings. The van der Waals surface area contributed by atoms with Gasteiger partial charge in [-0.25, -0.2) is 8.42 Å². The molecule has 0 atom stereocenters. The molecule has 0 amide bonds. The Morgan fingerprint density at radius 3 is 2.40 bits per heavy atom. The molecular weight excluding hydrogens is 152 g/mol. The first-order valence-electron chi connectivity index (χ1n) is 2.95. The summed E-state index contributed by atoms with van der Waals surface area (Å²) in [7, 11) is -3.03. The largest absolute Gasteiger partial charge is 0.303 e. The maximum absolute atomic E-state index is 10.7. The van der Waals surface area contributed by atoms with Crippen LogP contribution in [0.5, 0.6) is 0 Å². The van der Waals surface area contributed by atoms with Gasteiger partial charge in [-0.2, -0.15) is 0 Å². The molecule has 4 heteroatoms. The van der Waals surface area contributed by atoms with Crippen LogP contribution in [0.25, 0.3) is 0 Å². The molecule has 0 spiro atoms. The van der Waals surface area contributed by atoms with Gasteiger partial charge in [0.2, 0.25) is 0 Å². The number of hydrogen-bond acceptors (Lipinski definition) is 3. The minimum absolute atomic E-state index is 0.0857. The van der Waals surface area contributed by atoms with E-state index in [9.17, 15) is 13.2 Å². The van der Waals surface area contributed by atoms with Crippen LogP contribution in [0.15, 0.2) is 11.5 Å². The number of sulfone groups is 1. The fourth-order valence-corrected chi connectivity index (χ4v) is 0.951. The van der Waals surface area contributed by atoms with Crippen LogP contribution in [0.2, 0.25) is 0 Å². The van der Waals surface area contributed by atoms with Gasteiger partial charge >= 0.3 is 0 Å². The average molecular weight is 162 g/mol. The Morgan fingerprint density at radius 1 is 1.40 bits per heavy atom. The van der Waals surface area contributed by atoms with Crippen molar-refractivity contribution >= 4 is 16.1 Å². The van der Waals surface area contributed by atoms with Crippen LogP contribution in [-0.4, -0.2) is 20.5 Å². The van der Waals surface area contributed by atoms with E-state index in [0.29, 0.717) is 6.29 Å². The highest BCUT2D eigenvalue weighted by atomic mass is 32.2. The Balaban J connectivity index is 4.00. The van der Waals surface area contributed by atoms with Gasteiger partial charge in [0.1, 0.15) is 6.29 Å². The highest BCUT2D eigenvalue weighted by Crippen LogP contribution is 1.91. The third-order valence-corrected chi connectivity index (χ3v) is 2.35. The van der Waals surface area contributed by atoms with E-state index in [-0.39, 0.29) is 12.2 Å². The van der Waals surface area contributed by atoms with Gasteiger partial charge < -0.3 is 4.79 Å². The van der Waals surface area contributed by atoms with Gasteiger partial charge in [0, 0.05) is 11.8 Å². The van der Waals surface area contributed by atoms with Crippen molar-refractivity contribution in [3.8, 4) is 0 Å². The Hall–Kier alpha value is -0.640. The van der Waals surface area contributed by atoms with Crippen LogP contribution in [0, 0.1) is 0 Å². The van der Waals surface area contributed by atoms with E-state index in [1.807, 2.05) is 0 Å². The summed E-state index contributed by atoms with van der Waals surface area (Å²) in [5.74, 6) is 0.0857. The maximum atomic E-state index is 10.7. The first-order chi connectivity index (χ1) is 4.62. The van der Waals surface area contributed by atoms with Gasteiger partial charge in [0.25, 0.3) is 0 Å². The number of allylic oxidation sites excluding steroid dienone is 1. The zero-order valence-electron chi connectivity index (χ0n) is 5.78. The molecule has 0 aromatic carbocycles. The summed E-state index contributed by atoms with van der Waals surface area (Å²) in [6, 6.07) is 0. The Bertz CT molecular complexity index is 213. The van der Waals surface area contributed by atoms with E-state index in [4.69, 9.17) is 0 Å². The van der Waals surface area contributed by atoms with Crippen LogP contribution >= 0.6 is 0 Å². The Labute approximate surface area is 60.7 Å². The van der Waals surface area contributed by atoms with Gasteiger partial charge in [-0.3, -0.25) is 0 Å². The Morgan fingerprint density at radius 2 is 2.00 bits per heavy atom. The highest BCUT2D eigenvalue weighted by molar-refractivity contribution is 7.94. The number of carbonyl (C=O) groups excluding carboxylic acids is 1. The highest BCUT2D eigenvalue weighted by Gasteiger charge is 1.97. The van der Waals surface area contributed by atoms with Gasteiger partial charge in [-0.15, -0.1) is 0 Å². The van der Waals surface area contributed by atoms with E-state index < -0.39 is 9.84 Å². The van der Waals surface area contributed by atoms with Crippen LogP contribution in [0.4, 0.5) is 0 Å². The second kappa shape index (κ2) is 4.22. The van der Waals surface area contributed by atoms with Crippen molar-refractivity contribution < 1.29 is 13.2 Å². The molecule has 0 fully saturated rings. The summed E-state index contributed by atoms with van der Waals surface area (Å²) in [5.41, 5.74) is 0. The topological polar surface area (TPSA) is 51.2 Å². The van der Waals surface area contributed by atoms with Crippen LogP contribution in [0.1, 0.15) is 13.3 Å². The zero-order valence-corrected chi connectivity index (χ0v) is 6.60. The number of rotatable bonds is 4. The molecule has 0 saturated heterocycles. The van der Waals surface area contributed by atoms with Crippen molar-refractivity contribution in [2.24, 2.45) is 0 Å². The predicted octanol–water partition coefficient (Wildman–Crippen LogP) is 0.524. The lowest BCUT2D eigenvalue weighted by Crippen LogP contribution is -1.96. The van der Waals surface area contributed by atoms with E-state index in [0.717, 1.165) is 5.41 Å². The molecule has 0 aliphatic heterocycles. The second-order valence-electron chi connectivity index (χ2n) is 1.73. The van der Waals surface area contributed by atoms with E-state index in [1.165, 1.54) is 6.08 Å². The first kappa shape index (κ1) is 9.36. The molecule has 0 aromatic heterocycles. The van der Waals surface area contributed by atoms with Crippen molar-refractivity contribution in [3.63, 3.8) is 0 Å². The smallest absolute Gasteiger partial charge is 0.171 e. The molecule has 0 unspecified atom stereocenters. The fraction of sp³-hybridized carbons (Fsp3) is 0.500. The lowest BCUT2D eigenvalue weighted by Gasteiger charge is -1.87. The molecule has 0 heterocycles. The summed E-state index contributed by atoms with van der Waals surface area (Å²) in [6.45, 7) is 1.56. The summed E-state index contributed by atoms with van der Waals surface area (Å²) in [5, 5.41) is 1.07. The van der Waals surface area contributed by atoms with Crippen molar-refractivity contribution in [3.05, 3.63) is 11.5 Å². The van der Waals surface area contributed by atoms with Crippen molar-refractivity contribution in [2.75, 3.05) is 5.75 Å². The molecular formula is C6H10O3S. The van der Waals surface area contributed by atoms with E-state index in [1.54, 1.807) is 6.92 Å². The molecule has 0 radical (unpaired) electrons. The number of hydrogen-bond donors (Lipinski definition) is 0. The maximum Gasteiger partial charge on any atom is 0.171 e. The zero-order chi connectivity index (χ0) is 8.04. The molecule has 0 N–H and O–H groups in total. The SMILES string of the molecule is CCS(=O)(=O)C=CCC=O. The van der Waals surface area contributed by atoms with Crippen molar-refractivity contribution in [1.29, 1.82) is 0 Å². The summed E-state index contributed by atoms with van der Waals surface area (Å²) in [6.07, 6.45) is 2.16. The molecule has 10 heavy (non-hydrogen) atoms. The normalized spacial score (nSPS) is 12.1. The molecule has 58 valence electrons. The van der Waals surface area contributed by atoms with Crippen LogP contribution in [-0.2, 0) is 14.6 Å². The lowest BCUT2D eigenvalue weighted by molar-refractivity contribution is -0.107. The van der Waals surface area contributed by atoms with Gasteiger partial charge in [-0.1, -0.05) is 13.0 Å². The van der Waals surface area contributed by atoms with Crippen molar-refractivity contribution in [2.45, 2.75) is 13.3 Å². The minimum Gasteiger partial charge on any atom is -0.303 e. The monoisotopic (exact) mass is 162 g/mol. The standard InChI is InChI=1S/C6H10O3S/c1-2-10(8,9)6-4-3-5-7/h4-6H,2-3H2,1H3. The second-order valence-corrected chi connectivity index (χ2v) is 3.90. The minimum atomic E-state index is -3.03. The Kier molecular flexibility index (Phi) is 3.95. The lowest BCUT2D eigenvalue weighted by atomic mass is 10.5. The third-order valence-electron chi connectivity index (χ3n) is 0.938. The quantitative estimate of drug-likeness (QED) is 0.566. The molecule has 0 rings (SSSR count). The van der Waals surface area contributed by atoms with E-state index >= 15 is 0 Å². The summed E-state index contributed by atoms with van der Waals surface area (Å²) in [4.78, 5) is 9.73. The fourth-order valence-electron chi connectivity index (χ4n) is 0.354. The third kappa shape index (κ3) is 4.26. The molecule has 3 nitrogen and oxygen atoms in total. The summed E-state index contributed by atoms with van der Waals surface area (Å²) >= 11 is 0. The van der Waals surface area contributed by atoms with Crippen molar-refractivity contribution in [1.82, 2.24) is 0 Å². The summed E-state index contributed by atoms with van der Waals surface area (Å²) < 4.78 is 21.3. The van der Waals surface area contributed by atoms with Gasteiger partial charge in [-0.05, 0) is 0 Å². The average Bonchev–Trinajstić information content (AvgIpc) is 1.89. The molecule has 0 aliphatic carbocycles. The van der Waals surface area contributed by atoms with Gasteiger partial charge in [0.15, 0.2) is 9.84 Å². The van der Waals surface area contributed by atoms with Crippen LogP contribution in [0.3, 0.4) is 0 Å². The predicted molar refractivity (Wildman–Crippen MR) is 39.3 cm³/mol. The number of aldehydes is 1. The van der Waals surface area contributed by atoms with E-state index in [2.05, 4.69) is 0 Å². The molecule has 0 bridgehead atoms. The molecule has 0 saturated carbocycles. The van der Waals surface area contributed by atoms with Gasteiger partial charge in [0.05, 0.1) is 5.75 Å². The van der Waals surface area contributed by atoms with Crippen LogP contribution < -0.4 is 0 Å². The number of carbonyl (C=O) groups is 1. The molecule has 0 aliphatic rings. The first-order valence-corrected chi connectivity index (χ1v) is 4.67.